The quantitative estimate of drug-likeness (QED) is 0.748. The van der Waals surface area contributed by atoms with E-state index in [4.69, 9.17) is 9.47 Å². The minimum absolute atomic E-state index is 0.171. The zero-order valence-electron chi connectivity index (χ0n) is 17.0. The molecule has 0 spiro atoms. The van der Waals surface area contributed by atoms with Gasteiger partial charge in [-0.3, -0.25) is 0 Å². The van der Waals surface area contributed by atoms with E-state index in [1.165, 1.54) is 0 Å². The molecule has 1 unspecified atom stereocenters. The molecule has 0 saturated carbocycles. The van der Waals surface area contributed by atoms with Gasteiger partial charge in [0.2, 0.25) is 0 Å². The lowest BCUT2D eigenvalue weighted by atomic mass is 10.1. The van der Waals surface area contributed by atoms with E-state index in [0.29, 0.717) is 18.8 Å². The Bertz CT molecular complexity index is 695. The number of carbonyl (C=O) groups is 2. The van der Waals surface area contributed by atoms with Gasteiger partial charge in [-0.1, -0.05) is 12.1 Å². The van der Waals surface area contributed by atoms with Crippen LogP contribution in [0.25, 0.3) is 0 Å². The highest BCUT2D eigenvalue weighted by atomic mass is 19.3. The minimum Gasteiger partial charge on any atom is -0.488 e. The molecule has 1 aliphatic heterocycles. The third-order valence-corrected chi connectivity index (χ3v) is 4.15. The number of rotatable bonds is 6. The monoisotopic (exact) mass is 413 g/mol. The molecule has 1 fully saturated rings. The second-order valence-electron chi connectivity index (χ2n) is 7.94. The zero-order valence-corrected chi connectivity index (χ0v) is 17.0. The lowest BCUT2D eigenvalue weighted by Gasteiger charge is -2.33. The molecule has 9 heteroatoms. The van der Waals surface area contributed by atoms with Crippen LogP contribution in [0.3, 0.4) is 0 Å². The van der Waals surface area contributed by atoms with Gasteiger partial charge in [0, 0.05) is 25.7 Å². The van der Waals surface area contributed by atoms with Crippen molar-refractivity contribution in [1.29, 1.82) is 0 Å². The van der Waals surface area contributed by atoms with Crippen LogP contribution in [0, 0.1) is 0 Å². The van der Waals surface area contributed by atoms with E-state index < -0.39 is 24.7 Å². The first kappa shape index (κ1) is 22.7. The summed E-state index contributed by atoms with van der Waals surface area (Å²) in [6, 6.07) is 6.24. The van der Waals surface area contributed by atoms with Crippen molar-refractivity contribution in [2.45, 2.75) is 58.2 Å². The van der Waals surface area contributed by atoms with Crippen molar-refractivity contribution in [3.05, 3.63) is 29.8 Å². The number of hydrogen-bond acceptors (Lipinski definition) is 4. The number of ether oxygens (including phenoxy) is 2. The Morgan fingerprint density at radius 3 is 2.76 bits per heavy atom. The van der Waals surface area contributed by atoms with Gasteiger partial charge in [0.1, 0.15) is 18.0 Å². The van der Waals surface area contributed by atoms with Crippen LogP contribution < -0.4 is 15.4 Å². The van der Waals surface area contributed by atoms with Crippen LogP contribution in [0.4, 0.5) is 18.4 Å². The highest BCUT2D eigenvalue weighted by Gasteiger charge is 2.26. The largest absolute Gasteiger partial charge is 0.488 e. The van der Waals surface area contributed by atoms with Crippen molar-refractivity contribution >= 4 is 12.1 Å². The third-order valence-electron chi connectivity index (χ3n) is 4.15. The molecular formula is C20H29F2N3O4. The van der Waals surface area contributed by atoms with Crippen LogP contribution in [0.2, 0.25) is 0 Å². The standard InChI is InChI=1S/C20H29F2N3O4/c1-20(2,3)29-19(27)24-15-7-5-9-25(12-15)18(26)23-11-14-6-4-8-16(10-14)28-13-17(21)22/h4,6,8,10,15,17H,5,7,9,11-13H2,1-3H3,(H,23,26)(H,24,27). The Balaban J connectivity index is 1.81. The molecule has 1 heterocycles. The Kier molecular flexibility index (Phi) is 8.04. The average molecular weight is 413 g/mol. The van der Waals surface area contributed by atoms with Gasteiger partial charge >= 0.3 is 12.1 Å². The summed E-state index contributed by atoms with van der Waals surface area (Å²) in [6.45, 7) is 5.93. The first-order valence-electron chi connectivity index (χ1n) is 9.64. The lowest BCUT2D eigenvalue weighted by Crippen LogP contribution is -2.52. The third kappa shape index (κ3) is 8.53. The molecule has 1 atom stereocenters. The first-order chi connectivity index (χ1) is 13.6. The number of alkyl carbamates (subject to hydrolysis) is 1. The number of likely N-dealkylation sites (tertiary alicyclic amines) is 1. The van der Waals surface area contributed by atoms with Crippen molar-refractivity contribution in [2.24, 2.45) is 0 Å². The number of urea groups is 1. The van der Waals surface area contributed by atoms with E-state index in [2.05, 4.69) is 10.6 Å². The average Bonchev–Trinajstić information content (AvgIpc) is 2.63. The van der Waals surface area contributed by atoms with Crippen molar-refractivity contribution in [2.75, 3.05) is 19.7 Å². The minimum atomic E-state index is -2.54. The van der Waals surface area contributed by atoms with E-state index in [9.17, 15) is 18.4 Å². The number of alkyl halides is 2. The fourth-order valence-electron chi connectivity index (χ4n) is 2.95. The molecule has 0 aromatic heterocycles. The summed E-state index contributed by atoms with van der Waals surface area (Å²) in [5.41, 5.74) is 0.161. The Hall–Kier alpha value is -2.58. The van der Waals surface area contributed by atoms with Crippen LogP contribution >= 0.6 is 0 Å². The van der Waals surface area contributed by atoms with E-state index in [1.807, 2.05) is 0 Å². The van der Waals surface area contributed by atoms with E-state index in [1.54, 1.807) is 49.9 Å². The summed E-state index contributed by atoms with van der Waals surface area (Å²) in [5, 5.41) is 5.62. The van der Waals surface area contributed by atoms with Crippen molar-refractivity contribution in [3.63, 3.8) is 0 Å². The summed E-state index contributed by atoms with van der Waals surface area (Å²) >= 11 is 0. The Morgan fingerprint density at radius 2 is 2.07 bits per heavy atom. The molecule has 0 aliphatic carbocycles. The van der Waals surface area contributed by atoms with E-state index in [-0.39, 0.29) is 18.6 Å². The van der Waals surface area contributed by atoms with Gasteiger partial charge in [0.05, 0.1) is 0 Å². The number of halogens is 2. The van der Waals surface area contributed by atoms with E-state index in [0.717, 1.165) is 18.4 Å². The number of piperidine rings is 1. The molecule has 2 rings (SSSR count). The molecular weight excluding hydrogens is 384 g/mol. The van der Waals surface area contributed by atoms with Crippen LogP contribution in [-0.4, -0.2) is 54.8 Å². The van der Waals surface area contributed by atoms with Gasteiger partial charge in [0.25, 0.3) is 6.43 Å². The maximum absolute atomic E-state index is 12.5. The molecule has 1 aromatic rings. The van der Waals surface area contributed by atoms with Crippen molar-refractivity contribution in [1.82, 2.24) is 15.5 Å². The van der Waals surface area contributed by atoms with Crippen molar-refractivity contribution in [3.8, 4) is 5.75 Å². The van der Waals surface area contributed by atoms with Crippen LogP contribution in [-0.2, 0) is 11.3 Å². The number of benzene rings is 1. The number of nitrogens with zero attached hydrogens (tertiary/aromatic N) is 1. The molecule has 3 amide bonds. The summed E-state index contributed by atoms with van der Waals surface area (Å²) < 4.78 is 34.8. The lowest BCUT2D eigenvalue weighted by molar-refractivity contribution is 0.0479. The fourth-order valence-corrected chi connectivity index (χ4v) is 2.95. The second kappa shape index (κ2) is 10.3. The predicted octanol–water partition coefficient (Wildman–Crippen LogP) is 3.53. The van der Waals surface area contributed by atoms with Crippen LogP contribution in [0.5, 0.6) is 5.75 Å². The fraction of sp³-hybridized carbons (Fsp3) is 0.600. The molecule has 1 aromatic carbocycles. The first-order valence-corrected chi connectivity index (χ1v) is 9.64. The summed E-state index contributed by atoms with van der Waals surface area (Å²) in [5.74, 6) is 0.330. The van der Waals surface area contributed by atoms with Gasteiger partial charge in [-0.2, -0.15) is 0 Å². The van der Waals surface area contributed by atoms with Gasteiger partial charge in [-0.15, -0.1) is 0 Å². The molecule has 1 saturated heterocycles. The molecule has 29 heavy (non-hydrogen) atoms. The second-order valence-corrected chi connectivity index (χ2v) is 7.94. The zero-order chi connectivity index (χ0) is 21.4. The van der Waals surface area contributed by atoms with E-state index >= 15 is 0 Å². The molecule has 7 nitrogen and oxygen atoms in total. The number of carbonyl (C=O) groups excluding carboxylic acids is 2. The number of amides is 3. The summed E-state index contributed by atoms with van der Waals surface area (Å²) in [6.07, 6.45) is -1.50. The van der Waals surface area contributed by atoms with Gasteiger partial charge < -0.3 is 25.0 Å². The molecule has 0 radical (unpaired) electrons. The number of nitrogens with one attached hydrogen (secondary N) is 2. The Morgan fingerprint density at radius 1 is 1.31 bits per heavy atom. The maximum atomic E-state index is 12.5. The summed E-state index contributed by atoms with van der Waals surface area (Å²) in [7, 11) is 0. The van der Waals surface area contributed by atoms with Gasteiger partial charge in [-0.05, 0) is 51.3 Å². The topological polar surface area (TPSA) is 79.9 Å². The maximum Gasteiger partial charge on any atom is 0.407 e. The van der Waals surface area contributed by atoms with Crippen LogP contribution in [0.1, 0.15) is 39.2 Å². The van der Waals surface area contributed by atoms with Crippen molar-refractivity contribution < 1.29 is 27.8 Å². The highest BCUT2D eigenvalue weighted by molar-refractivity contribution is 5.74. The normalized spacial score (nSPS) is 17.0. The molecule has 1 aliphatic rings. The molecule has 2 N–H and O–H groups in total. The molecule has 162 valence electrons. The summed E-state index contributed by atoms with van der Waals surface area (Å²) in [4.78, 5) is 26.0. The predicted molar refractivity (Wildman–Crippen MR) is 104 cm³/mol. The van der Waals surface area contributed by atoms with Crippen LogP contribution in [0.15, 0.2) is 24.3 Å². The molecule has 0 bridgehead atoms. The van der Waals surface area contributed by atoms with Gasteiger partial charge in [0.15, 0.2) is 0 Å². The highest BCUT2D eigenvalue weighted by Crippen LogP contribution is 2.15. The number of hydrogen-bond donors (Lipinski definition) is 2. The smallest absolute Gasteiger partial charge is 0.407 e. The van der Waals surface area contributed by atoms with Gasteiger partial charge in [-0.25, -0.2) is 18.4 Å². The SMILES string of the molecule is CC(C)(C)OC(=O)NC1CCCN(C(=O)NCc2cccc(OCC(F)F)c2)C1. The Labute approximate surface area is 169 Å².